The van der Waals surface area contributed by atoms with Gasteiger partial charge in [0, 0.05) is 12.2 Å². The van der Waals surface area contributed by atoms with Crippen molar-refractivity contribution in [1.29, 1.82) is 0 Å². The Hall–Kier alpha value is -1.17. The maximum Gasteiger partial charge on any atom is 0.220 e. The van der Waals surface area contributed by atoms with Gasteiger partial charge in [-0.1, -0.05) is 0 Å². The quantitative estimate of drug-likeness (QED) is 0.765. The molecule has 14 heavy (non-hydrogen) atoms. The summed E-state index contributed by atoms with van der Waals surface area (Å²) < 4.78 is 22.8. The minimum absolute atomic E-state index is 0.138. The van der Waals surface area contributed by atoms with Crippen molar-refractivity contribution < 1.29 is 8.42 Å². The number of hydrogen-bond acceptors (Lipinski definition) is 5. The maximum atomic E-state index is 11.4. The molecule has 0 radical (unpaired) electrons. The van der Waals surface area contributed by atoms with Gasteiger partial charge >= 0.3 is 0 Å². The number of nitrogens with two attached hydrogens (primary N) is 1. The summed E-state index contributed by atoms with van der Waals surface area (Å²) in [6, 6.07) is 0. The van der Waals surface area contributed by atoms with Crippen LogP contribution in [0, 0.1) is 0 Å². The van der Waals surface area contributed by atoms with E-state index in [9.17, 15) is 8.42 Å². The fourth-order valence-corrected chi connectivity index (χ4v) is 2.17. The molecule has 0 bridgehead atoms. The van der Waals surface area contributed by atoms with Gasteiger partial charge in [0.1, 0.15) is 4.90 Å². The highest BCUT2D eigenvalue weighted by Crippen LogP contribution is 2.41. The van der Waals surface area contributed by atoms with E-state index in [0.29, 0.717) is 5.69 Å². The number of sulfone groups is 1. The van der Waals surface area contributed by atoms with Gasteiger partial charge in [-0.15, -0.1) is 0 Å². The van der Waals surface area contributed by atoms with Crippen LogP contribution in [0.5, 0.6) is 0 Å². The van der Waals surface area contributed by atoms with E-state index in [4.69, 9.17) is 5.73 Å². The second kappa shape index (κ2) is 2.91. The third-order valence-electron chi connectivity index (χ3n) is 2.17. The van der Waals surface area contributed by atoms with Gasteiger partial charge < -0.3 is 5.73 Å². The molecule has 0 unspecified atom stereocenters. The van der Waals surface area contributed by atoms with E-state index in [1.165, 1.54) is 6.20 Å². The summed E-state index contributed by atoms with van der Waals surface area (Å²) in [5.74, 6) is 0.393. The number of hydrogen-bond donors (Lipinski definition) is 1. The molecule has 1 aliphatic rings. The second-order valence-electron chi connectivity index (χ2n) is 3.52. The van der Waals surface area contributed by atoms with Crippen LogP contribution in [0.3, 0.4) is 0 Å². The molecule has 0 amide bonds. The van der Waals surface area contributed by atoms with Gasteiger partial charge in [0.25, 0.3) is 0 Å². The Kier molecular flexibility index (Phi) is 1.95. The van der Waals surface area contributed by atoms with Crippen LogP contribution in [0.4, 0.5) is 5.95 Å². The molecule has 0 aliphatic heterocycles. The molecular formula is C8H11N3O2S. The molecule has 76 valence electrons. The number of nitrogen functional groups attached to an aromatic ring is 1. The van der Waals surface area contributed by atoms with Gasteiger partial charge in [-0.05, 0) is 12.8 Å². The van der Waals surface area contributed by atoms with Crippen molar-refractivity contribution in [2.45, 2.75) is 23.7 Å². The highest BCUT2D eigenvalue weighted by atomic mass is 32.2. The van der Waals surface area contributed by atoms with Crippen LogP contribution >= 0.6 is 0 Å². The maximum absolute atomic E-state index is 11.4. The summed E-state index contributed by atoms with van der Waals surface area (Å²) in [4.78, 5) is 7.91. The van der Waals surface area contributed by atoms with Crippen LogP contribution in [0.25, 0.3) is 0 Å². The van der Waals surface area contributed by atoms with Crippen molar-refractivity contribution in [2.24, 2.45) is 0 Å². The highest BCUT2D eigenvalue weighted by molar-refractivity contribution is 7.90. The van der Waals surface area contributed by atoms with Crippen LogP contribution in [-0.4, -0.2) is 24.6 Å². The Morgan fingerprint density at radius 2 is 2.14 bits per heavy atom. The Morgan fingerprint density at radius 1 is 1.50 bits per heavy atom. The number of anilines is 1. The highest BCUT2D eigenvalue weighted by Gasteiger charge is 2.31. The first-order valence-electron chi connectivity index (χ1n) is 4.31. The molecule has 6 heteroatoms. The molecule has 0 aromatic carbocycles. The first-order chi connectivity index (χ1) is 6.48. The van der Waals surface area contributed by atoms with E-state index in [2.05, 4.69) is 9.97 Å². The van der Waals surface area contributed by atoms with Gasteiger partial charge in [-0.3, -0.25) is 0 Å². The van der Waals surface area contributed by atoms with E-state index >= 15 is 0 Å². The zero-order chi connectivity index (χ0) is 10.3. The average Bonchev–Trinajstić information content (AvgIpc) is 2.83. The predicted molar refractivity (Wildman–Crippen MR) is 51.5 cm³/mol. The fourth-order valence-electron chi connectivity index (χ4n) is 1.33. The number of nitrogens with zero attached hydrogens (tertiary/aromatic N) is 2. The lowest BCUT2D eigenvalue weighted by Crippen LogP contribution is -2.07. The summed E-state index contributed by atoms with van der Waals surface area (Å²) >= 11 is 0. The zero-order valence-electron chi connectivity index (χ0n) is 7.77. The molecule has 2 rings (SSSR count). The van der Waals surface area contributed by atoms with Crippen molar-refractivity contribution in [3.05, 3.63) is 11.9 Å². The summed E-state index contributed by atoms with van der Waals surface area (Å²) in [5, 5.41) is 0. The molecule has 1 aromatic rings. The smallest absolute Gasteiger partial charge is 0.220 e. The largest absolute Gasteiger partial charge is 0.368 e. The van der Waals surface area contributed by atoms with Gasteiger partial charge in [-0.2, -0.15) is 0 Å². The lowest BCUT2D eigenvalue weighted by molar-refractivity contribution is 0.599. The third-order valence-corrected chi connectivity index (χ3v) is 3.28. The lowest BCUT2D eigenvalue weighted by atomic mass is 10.3. The van der Waals surface area contributed by atoms with E-state index in [-0.39, 0.29) is 16.8 Å². The minimum atomic E-state index is -3.24. The van der Waals surface area contributed by atoms with Crippen LogP contribution in [0.2, 0.25) is 0 Å². The van der Waals surface area contributed by atoms with Gasteiger partial charge in [0.2, 0.25) is 5.95 Å². The normalized spacial score (nSPS) is 16.9. The average molecular weight is 213 g/mol. The lowest BCUT2D eigenvalue weighted by Gasteiger charge is -2.05. The standard InChI is InChI=1S/C8H11N3O2S/c1-14(12,13)6-4-10-8(9)11-7(6)5-2-3-5/h4-5H,2-3H2,1H3,(H2,9,10,11). The number of aromatic nitrogens is 2. The SMILES string of the molecule is CS(=O)(=O)c1cnc(N)nc1C1CC1. The van der Waals surface area contributed by atoms with Gasteiger partial charge in [-0.25, -0.2) is 18.4 Å². The first-order valence-corrected chi connectivity index (χ1v) is 6.20. The molecule has 1 aliphatic carbocycles. The molecule has 1 heterocycles. The van der Waals surface area contributed by atoms with Gasteiger partial charge in [0.05, 0.1) is 11.9 Å². The predicted octanol–water partition coefficient (Wildman–Crippen LogP) is 0.340. The molecular weight excluding hydrogens is 202 g/mol. The number of rotatable bonds is 2. The topological polar surface area (TPSA) is 85.9 Å². The van der Waals surface area contributed by atoms with Crippen LogP contribution in [0.15, 0.2) is 11.1 Å². The summed E-state index contributed by atoms with van der Waals surface area (Å²) in [7, 11) is -3.24. The Balaban J connectivity index is 2.59. The molecule has 0 spiro atoms. The van der Waals surface area contributed by atoms with E-state index in [1.807, 2.05) is 0 Å². The molecule has 1 saturated carbocycles. The molecule has 1 fully saturated rings. The van der Waals surface area contributed by atoms with Crippen molar-refractivity contribution >= 4 is 15.8 Å². The molecule has 5 nitrogen and oxygen atoms in total. The van der Waals surface area contributed by atoms with E-state index < -0.39 is 9.84 Å². The first kappa shape index (κ1) is 9.39. The van der Waals surface area contributed by atoms with Crippen molar-refractivity contribution in [3.8, 4) is 0 Å². The fraction of sp³-hybridized carbons (Fsp3) is 0.500. The van der Waals surface area contributed by atoms with Crippen LogP contribution < -0.4 is 5.73 Å². The van der Waals surface area contributed by atoms with Crippen molar-refractivity contribution in [1.82, 2.24) is 9.97 Å². The molecule has 0 atom stereocenters. The molecule has 0 saturated heterocycles. The van der Waals surface area contributed by atoms with Gasteiger partial charge in [0.15, 0.2) is 9.84 Å². The summed E-state index contributed by atoms with van der Waals surface area (Å²) in [6.07, 6.45) is 4.43. The second-order valence-corrected chi connectivity index (χ2v) is 5.51. The van der Waals surface area contributed by atoms with Crippen molar-refractivity contribution in [3.63, 3.8) is 0 Å². The Labute approximate surface area is 82.3 Å². The van der Waals surface area contributed by atoms with E-state index in [0.717, 1.165) is 19.1 Å². The zero-order valence-corrected chi connectivity index (χ0v) is 8.58. The van der Waals surface area contributed by atoms with Crippen LogP contribution in [-0.2, 0) is 9.84 Å². The Morgan fingerprint density at radius 3 is 2.64 bits per heavy atom. The van der Waals surface area contributed by atoms with Crippen LogP contribution in [0.1, 0.15) is 24.5 Å². The summed E-state index contributed by atoms with van der Waals surface area (Å²) in [6.45, 7) is 0. The minimum Gasteiger partial charge on any atom is -0.368 e. The third kappa shape index (κ3) is 1.70. The Bertz CT molecular complexity index is 465. The van der Waals surface area contributed by atoms with Crippen molar-refractivity contribution in [2.75, 3.05) is 12.0 Å². The molecule has 2 N–H and O–H groups in total. The monoisotopic (exact) mass is 213 g/mol. The molecule has 1 aromatic heterocycles. The summed E-state index contributed by atoms with van der Waals surface area (Å²) in [5.41, 5.74) is 6.00. The van der Waals surface area contributed by atoms with E-state index in [1.54, 1.807) is 0 Å².